The van der Waals surface area contributed by atoms with Gasteiger partial charge in [-0.1, -0.05) is 6.08 Å². The molecule has 4 nitrogen and oxygen atoms in total. The maximum atomic E-state index is 11.2. The van der Waals surface area contributed by atoms with Crippen LogP contribution in [0.15, 0.2) is 16.8 Å². The van der Waals surface area contributed by atoms with Gasteiger partial charge in [0.05, 0.1) is 6.61 Å². The van der Waals surface area contributed by atoms with Gasteiger partial charge in [0, 0.05) is 6.21 Å². The molecule has 0 radical (unpaired) electrons. The van der Waals surface area contributed by atoms with Crippen LogP contribution in [0, 0.1) is 0 Å². The van der Waals surface area contributed by atoms with Gasteiger partial charge in [0.2, 0.25) is 0 Å². The lowest BCUT2D eigenvalue weighted by Gasteiger charge is -1.99. The molecule has 0 heterocycles. The molecule has 13 heavy (non-hydrogen) atoms. The summed E-state index contributed by atoms with van der Waals surface area (Å²) in [7, 11) is 0. The SMILES string of the molecule is CC=N/C(=C\C)C(=O)C(=O)OCC. The second-order valence-corrected chi connectivity index (χ2v) is 2.11. The molecule has 0 aromatic heterocycles. The number of esters is 1. The Hall–Kier alpha value is -1.45. The average molecular weight is 183 g/mol. The Kier molecular flexibility index (Phi) is 5.43. The van der Waals surface area contributed by atoms with Crippen molar-refractivity contribution in [3.05, 3.63) is 11.8 Å². The van der Waals surface area contributed by atoms with Gasteiger partial charge in [0.15, 0.2) is 0 Å². The Bertz CT molecular complexity index is 254. The molecule has 0 bridgehead atoms. The number of ketones is 1. The van der Waals surface area contributed by atoms with Gasteiger partial charge in [-0.05, 0) is 20.8 Å². The summed E-state index contributed by atoms with van der Waals surface area (Å²) in [4.78, 5) is 25.9. The van der Waals surface area contributed by atoms with Crippen molar-refractivity contribution >= 4 is 18.0 Å². The van der Waals surface area contributed by atoms with Crippen LogP contribution in [0.25, 0.3) is 0 Å². The molecule has 0 aliphatic heterocycles. The van der Waals surface area contributed by atoms with Gasteiger partial charge in [0.25, 0.3) is 5.78 Å². The Balaban J connectivity index is 4.48. The van der Waals surface area contributed by atoms with Gasteiger partial charge in [-0.3, -0.25) is 9.79 Å². The summed E-state index contributed by atoms with van der Waals surface area (Å²) in [6.07, 6.45) is 2.92. The second-order valence-electron chi connectivity index (χ2n) is 2.11. The molecule has 0 amide bonds. The fraction of sp³-hybridized carbons (Fsp3) is 0.444. The molecule has 0 rings (SSSR count). The minimum absolute atomic E-state index is 0.112. The predicted octanol–water partition coefficient (Wildman–Crippen LogP) is 1.11. The van der Waals surface area contributed by atoms with Gasteiger partial charge < -0.3 is 4.74 Å². The summed E-state index contributed by atoms with van der Waals surface area (Å²) in [5, 5.41) is 0. The molecule has 0 aromatic rings. The topological polar surface area (TPSA) is 55.7 Å². The predicted molar refractivity (Wildman–Crippen MR) is 49.6 cm³/mol. The lowest BCUT2D eigenvalue weighted by molar-refractivity contribution is -0.151. The van der Waals surface area contributed by atoms with Crippen molar-refractivity contribution in [3.8, 4) is 0 Å². The van der Waals surface area contributed by atoms with Crippen LogP contribution >= 0.6 is 0 Å². The van der Waals surface area contributed by atoms with Crippen molar-refractivity contribution in [2.75, 3.05) is 6.61 Å². The number of carbonyl (C=O) groups is 2. The Morgan fingerprint density at radius 2 is 2.00 bits per heavy atom. The van der Waals surface area contributed by atoms with Crippen LogP contribution < -0.4 is 0 Å². The minimum Gasteiger partial charge on any atom is -0.460 e. The number of hydrogen-bond donors (Lipinski definition) is 0. The van der Waals surface area contributed by atoms with E-state index in [-0.39, 0.29) is 12.3 Å². The van der Waals surface area contributed by atoms with Crippen molar-refractivity contribution in [2.24, 2.45) is 4.99 Å². The highest BCUT2D eigenvalue weighted by Crippen LogP contribution is 1.99. The monoisotopic (exact) mass is 183 g/mol. The summed E-state index contributed by atoms with van der Waals surface area (Å²) < 4.78 is 4.53. The Morgan fingerprint density at radius 1 is 1.38 bits per heavy atom. The van der Waals surface area contributed by atoms with E-state index in [4.69, 9.17) is 0 Å². The molecule has 0 aliphatic rings. The van der Waals surface area contributed by atoms with Crippen molar-refractivity contribution in [3.63, 3.8) is 0 Å². The van der Waals surface area contributed by atoms with Crippen molar-refractivity contribution in [1.29, 1.82) is 0 Å². The summed E-state index contributed by atoms with van der Waals surface area (Å²) in [6, 6.07) is 0. The number of nitrogens with zero attached hydrogens (tertiary/aromatic N) is 1. The summed E-state index contributed by atoms with van der Waals surface area (Å²) in [5.41, 5.74) is 0.112. The molecule has 0 aromatic carbocycles. The van der Waals surface area contributed by atoms with Gasteiger partial charge in [-0.15, -0.1) is 0 Å². The summed E-state index contributed by atoms with van der Waals surface area (Å²) in [6.45, 7) is 5.14. The fourth-order valence-electron chi connectivity index (χ4n) is 0.705. The van der Waals surface area contributed by atoms with E-state index >= 15 is 0 Å². The zero-order chi connectivity index (χ0) is 10.3. The largest absolute Gasteiger partial charge is 0.460 e. The first-order chi connectivity index (χ1) is 6.17. The molecular weight excluding hydrogens is 170 g/mol. The highest BCUT2D eigenvalue weighted by Gasteiger charge is 2.18. The van der Waals surface area contributed by atoms with Crippen LogP contribution in [0.1, 0.15) is 20.8 Å². The van der Waals surface area contributed by atoms with Crippen LogP contribution in [0.5, 0.6) is 0 Å². The molecule has 0 unspecified atom stereocenters. The van der Waals surface area contributed by atoms with E-state index in [0.717, 1.165) is 0 Å². The molecule has 0 fully saturated rings. The Morgan fingerprint density at radius 3 is 2.38 bits per heavy atom. The molecule has 0 saturated carbocycles. The molecule has 4 heteroatoms. The van der Waals surface area contributed by atoms with Crippen LogP contribution in [0.3, 0.4) is 0 Å². The number of hydrogen-bond acceptors (Lipinski definition) is 4. The number of carbonyl (C=O) groups excluding carboxylic acids is 2. The molecule has 72 valence electrons. The first-order valence-corrected chi connectivity index (χ1v) is 4.03. The number of Topliss-reactive ketones (excluding diaryl/α,β-unsaturated/α-hetero) is 1. The first-order valence-electron chi connectivity index (χ1n) is 4.03. The molecular formula is C9H13NO3. The quantitative estimate of drug-likeness (QED) is 0.284. The third kappa shape index (κ3) is 3.64. The van der Waals surface area contributed by atoms with Crippen LogP contribution in [0.4, 0.5) is 0 Å². The molecule has 0 N–H and O–H groups in total. The summed E-state index contributed by atoms with van der Waals surface area (Å²) in [5.74, 6) is -1.57. The Labute approximate surface area is 77.3 Å². The van der Waals surface area contributed by atoms with E-state index in [0.29, 0.717) is 0 Å². The van der Waals surface area contributed by atoms with Gasteiger partial charge >= 0.3 is 5.97 Å². The molecule has 0 atom stereocenters. The van der Waals surface area contributed by atoms with Crippen molar-refractivity contribution in [1.82, 2.24) is 0 Å². The second kappa shape index (κ2) is 6.11. The van der Waals surface area contributed by atoms with E-state index < -0.39 is 11.8 Å². The minimum atomic E-state index is -0.860. The van der Waals surface area contributed by atoms with E-state index in [1.54, 1.807) is 20.8 Å². The highest BCUT2D eigenvalue weighted by molar-refractivity contribution is 6.40. The van der Waals surface area contributed by atoms with E-state index in [2.05, 4.69) is 9.73 Å². The number of rotatable bonds is 4. The zero-order valence-corrected chi connectivity index (χ0v) is 8.03. The van der Waals surface area contributed by atoms with Gasteiger partial charge in [-0.25, -0.2) is 4.79 Å². The summed E-state index contributed by atoms with van der Waals surface area (Å²) >= 11 is 0. The van der Waals surface area contributed by atoms with Crippen molar-refractivity contribution in [2.45, 2.75) is 20.8 Å². The van der Waals surface area contributed by atoms with Gasteiger partial charge in [-0.2, -0.15) is 0 Å². The molecule has 0 saturated heterocycles. The molecule has 0 spiro atoms. The number of allylic oxidation sites excluding steroid dienone is 1. The zero-order valence-electron chi connectivity index (χ0n) is 8.03. The first kappa shape index (κ1) is 11.6. The van der Waals surface area contributed by atoms with E-state index in [1.807, 2.05) is 0 Å². The number of ether oxygens (including phenoxy) is 1. The highest BCUT2D eigenvalue weighted by atomic mass is 16.5. The third-order valence-electron chi connectivity index (χ3n) is 1.24. The van der Waals surface area contributed by atoms with Crippen LogP contribution in [-0.4, -0.2) is 24.6 Å². The fourth-order valence-corrected chi connectivity index (χ4v) is 0.705. The van der Waals surface area contributed by atoms with E-state index in [1.165, 1.54) is 12.3 Å². The van der Waals surface area contributed by atoms with Crippen LogP contribution in [-0.2, 0) is 14.3 Å². The average Bonchev–Trinajstić information content (AvgIpc) is 2.13. The maximum absolute atomic E-state index is 11.2. The standard InChI is InChI=1S/C9H13NO3/c1-4-7(10-5-2)8(11)9(12)13-6-3/h4-5H,6H2,1-3H3/b7-4-,10-5?. The smallest absolute Gasteiger partial charge is 0.381 e. The van der Waals surface area contributed by atoms with Crippen LogP contribution in [0.2, 0.25) is 0 Å². The normalized spacial score (nSPS) is 11.8. The maximum Gasteiger partial charge on any atom is 0.381 e. The van der Waals surface area contributed by atoms with Crippen molar-refractivity contribution < 1.29 is 14.3 Å². The van der Waals surface area contributed by atoms with E-state index in [9.17, 15) is 9.59 Å². The lowest BCUT2D eigenvalue weighted by atomic mass is 10.3. The number of aliphatic imine (C=N–C) groups is 1. The third-order valence-corrected chi connectivity index (χ3v) is 1.24. The lowest BCUT2D eigenvalue weighted by Crippen LogP contribution is -2.18. The molecule has 0 aliphatic carbocycles. The van der Waals surface area contributed by atoms with Gasteiger partial charge in [0.1, 0.15) is 5.70 Å².